The number of H-pyrrole nitrogens is 1. The monoisotopic (exact) mass is 370 g/mol. The van der Waals surface area contributed by atoms with E-state index in [1.165, 1.54) is 4.57 Å². The molecule has 0 radical (unpaired) electrons. The zero-order chi connectivity index (χ0) is 19.1. The molecule has 1 saturated heterocycles. The van der Waals surface area contributed by atoms with E-state index in [0.717, 1.165) is 37.8 Å². The van der Waals surface area contributed by atoms with Crippen LogP contribution >= 0.6 is 0 Å². The van der Waals surface area contributed by atoms with Crippen molar-refractivity contribution in [1.29, 1.82) is 0 Å². The fourth-order valence-corrected chi connectivity index (χ4v) is 3.86. The molecule has 2 fully saturated rings. The van der Waals surface area contributed by atoms with E-state index in [4.69, 9.17) is 0 Å². The Kier molecular flexibility index (Phi) is 4.61. The van der Waals surface area contributed by atoms with Crippen molar-refractivity contribution in [3.63, 3.8) is 0 Å². The molecule has 1 saturated carbocycles. The number of aromatic amines is 1. The number of hydrogen-bond acceptors (Lipinski definition) is 4. The quantitative estimate of drug-likeness (QED) is 0.894. The number of fused-ring (bicyclic) bond motifs is 1. The van der Waals surface area contributed by atoms with Crippen LogP contribution in [0.1, 0.15) is 67.9 Å². The Labute approximate surface area is 157 Å². The Morgan fingerprint density at radius 2 is 1.93 bits per heavy atom. The molecule has 7 nitrogen and oxygen atoms in total. The summed E-state index contributed by atoms with van der Waals surface area (Å²) in [5, 5.41) is 0.246. The fourth-order valence-electron chi connectivity index (χ4n) is 3.86. The molecule has 1 amide bonds. The molecule has 1 aliphatic carbocycles. The van der Waals surface area contributed by atoms with Crippen LogP contribution in [0.5, 0.6) is 0 Å². The number of rotatable bonds is 4. The van der Waals surface area contributed by atoms with Gasteiger partial charge in [0, 0.05) is 31.2 Å². The first kappa shape index (κ1) is 17.9. The summed E-state index contributed by atoms with van der Waals surface area (Å²) in [6.07, 6.45) is 4.76. The molecule has 1 N–H and O–H groups in total. The summed E-state index contributed by atoms with van der Waals surface area (Å²) in [5.74, 6) is 0.818. The lowest BCUT2D eigenvalue weighted by Gasteiger charge is -2.30. The molecule has 0 aromatic carbocycles. The number of aryl methyl sites for hydroxylation is 1. The predicted molar refractivity (Wildman–Crippen MR) is 103 cm³/mol. The second-order valence-electron chi connectivity index (χ2n) is 7.95. The summed E-state index contributed by atoms with van der Waals surface area (Å²) in [6.45, 7) is 6.03. The van der Waals surface area contributed by atoms with E-state index >= 15 is 0 Å². The number of aromatic nitrogens is 3. The number of pyridine rings is 1. The third-order valence-electron chi connectivity index (χ3n) is 5.71. The molecular weight excluding hydrogens is 344 g/mol. The minimum absolute atomic E-state index is 0.122. The molecule has 27 heavy (non-hydrogen) atoms. The number of hydrogen-bond donors (Lipinski definition) is 1. The lowest BCUT2D eigenvalue weighted by molar-refractivity contribution is 0.0699. The molecule has 3 heterocycles. The molecule has 0 unspecified atom stereocenters. The highest BCUT2D eigenvalue weighted by atomic mass is 16.2. The second-order valence-corrected chi connectivity index (χ2v) is 7.95. The van der Waals surface area contributed by atoms with E-state index in [0.29, 0.717) is 42.7 Å². The molecule has 144 valence electrons. The number of carbonyl (C=O) groups excluding carboxylic acids is 1. The largest absolute Gasteiger partial charge is 0.339 e. The summed E-state index contributed by atoms with van der Waals surface area (Å²) in [6, 6.07) is 1.79. The number of nitrogens with one attached hydrogen (secondary N) is 1. The SMILES string of the molecule is CCCn1c(=O)[nH]c(=O)c2c(C(=O)N3CCC(C)CC3)cc(C3CC3)nc21. The maximum Gasteiger partial charge on any atom is 0.329 e. The molecule has 0 bridgehead atoms. The standard InChI is InChI=1S/C20H26N4O3/c1-3-8-24-17-16(18(25)22-20(24)27)14(11-15(21-17)13-4-5-13)19(26)23-9-6-12(2)7-10-23/h11-13H,3-10H2,1-2H3,(H,22,25,27). The number of amides is 1. The first-order valence-corrected chi connectivity index (χ1v) is 9.96. The number of carbonyl (C=O) groups is 1. The lowest BCUT2D eigenvalue weighted by atomic mass is 9.98. The van der Waals surface area contributed by atoms with E-state index in [1.54, 1.807) is 6.07 Å². The summed E-state index contributed by atoms with van der Waals surface area (Å²) >= 11 is 0. The van der Waals surface area contributed by atoms with Crippen molar-refractivity contribution in [2.45, 2.75) is 58.4 Å². The van der Waals surface area contributed by atoms with Crippen molar-refractivity contribution >= 4 is 16.9 Å². The molecule has 2 aromatic heterocycles. The highest BCUT2D eigenvalue weighted by molar-refractivity contribution is 6.05. The highest BCUT2D eigenvalue weighted by Gasteiger charge is 2.30. The average molecular weight is 370 g/mol. The first-order chi connectivity index (χ1) is 13.0. The van der Waals surface area contributed by atoms with E-state index < -0.39 is 11.2 Å². The van der Waals surface area contributed by atoms with Crippen molar-refractivity contribution < 1.29 is 4.79 Å². The summed E-state index contributed by atoms with van der Waals surface area (Å²) in [7, 11) is 0. The third-order valence-corrected chi connectivity index (χ3v) is 5.71. The van der Waals surface area contributed by atoms with Gasteiger partial charge in [-0.05, 0) is 44.1 Å². The minimum Gasteiger partial charge on any atom is -0.339 e. The summed E-state index contributed by atoms with van der Waals surface area (Å²) < 4.78 is 1.50. The van der Waals surface area contributed by atoms with Crippen LogP contribution in [-0.4, -0.2) is 38.4 Å². The molecule has 1 aliphatic heterocycles. The maximum atomic E-state index is 13.3. The van der Waals surface area contributed by atoms with Gasteiger partial charge >= 0.3 is 5.69 Å². The van der Waals surface area contributed by atoms with Gasteiger partial charge < -0.3 is 4.90 Å². The van der Waals surface area contributed by atoms with Crippen LogP contribution in [0.15, 0.2) is 15.7 Å². The van der Waals surface area contributed by atoms with Gasteiger partial charge in [0.15, 0.2) is 5.65 Å². The van der Waals surface area contributed by atoms with Gasteiger partial charge in [-0.15, -0.1) is 0 Å². The maximum absolute atomic E-state index is 13.3. The number of likely N-dealkylation sites (tertiary alicyclic amines) is 1. The normalized spacial score (nSPS) is 18.2. The minimum atomic E-state index is -0.522. The van der Waals surface area contributed by atoms with Gasteiger partial charge in [0.25, 0.3) is 11.5 Å². The molecule has 2 aromatic rings. The van der Waals surface area contributed by atoms with Gasteiger partial charge in [0.2, 0.25) is 0 Å². The lowest BCUT2D eigenvalue weighted by Crippen LogP contribution is -2.39. The van der Waals surface area contributed by atoms with Crippen LogP contribution < -0.4 is 11.2 Å². The number of piperidine rings is 1. The summed E-state index contributed by atoms with van der Waals surface area (Å²) in [5.41, 5.74) is 0.586. The van der Waals surface area contributed by atoms with Gasteiger partial charge in [0.1, 0.15) is 0 Å². The Morgan fingerprint density at radius 3 is 2.56 bits per heavy atom. The van der Waals surface area contributed by atoms with Crippen LogP contribution in [0.2, 0.25) is 0 Å². The Balaban J connectivity index is 1.90. The van der Waals surface area contributed by atoms with Gasteiger partial charge in [-0.1, -0.05) is 13.8 Å². The van der Waals surface area contributed by atoms with E-state index in [1.807, 2.05) is 11.8 Å². The molecule has 0 atom stereocenters. The molecule has 2 aliphatic rings. The molecule has 7 heteroatoms. The van der Waals surface area contributed by atoms with E-state index in [-0.39, 0.29) is 11.3 Å². The smallest absolute Gasteiger partial charge is 0.329 e. The van der Waals surface area contributed by atoms with Crippen molar-refractivity contribution in [2.75, 3.05) is 13.1 Å². The zero-order valence-corrected chi connectivity index (χ0v) is 16.0. The average Bonchev–Trinajstić information content (AvgIpc) is 3.49. The van der Waals surface area contributed by atoms with E-state index in [2.05, 4.69) is 16.9 Å². The Hall–Kier alpha value is -2.44. The van der Waals surface area contributed by atoms with Crippen molar-refractivity contribution in [3.8, 4) is 0 Å². The fraction of sp³-hybridized carbons (Fsp3) is 0.600. The number of nitrogens with zero attached hydrogens (tertiary/aromatic N) is 3. The van der Waals surface area contributed by atoms with Gasteiger partial charge in [-0.25, -0.2) is 9.78 Å². The van der Waals surface area contributed by atoms with Gasteiger partial charge in [-0.3, -0.25) is 19.1 Å². The summed E-state index contributed by atoms with van der Waals surface area (Å²) in [4.78, 5) is 47.1. The third kappa shape index (κ3) is 3.31. The Bertz CT molecular complexity index is 995. The molecule has 4 rings (SSSR count). The van der Waals surface area contributed by atoms with Crippen molar-refractivity contribution in [1.82, 2.24) is 19.4 Å². The van der Waals surface area contributed by atoms with Crippen LogP contribution in [0, 0.1) is 5.92 Å². The molecular formula is C20H26N4O3. The zero-order valence-electron chi connectivity index (χ0n) is 16.0. The van der Waals surface area contributed by atoms with Crippen molar-refractivity contribution in [2.24, 2.45) is 5.92 Å². The van der Waals surface area contributed by atoms with Crippen LogP contribution in [-0.2, 0) is 6.54 Å². The van der Waals surface area contributed by atoms with E-state index in [9.17, 15) is 14.4 Å². The molecule has 0 spiro atoms. The Morgan fingerprint density at radius 1 is 1.22 bits per heavy atom. The van der Waals surface area contributed by atoms with Crippen LogP contribution in [0.25, 0.3) is 11.0 Å². The second kappa shape index (κ2) is 6.94. The first-order valence-electron chi connectivity index (χ1n) is 9.96. The van der Waals surface area contributed by atoms with Crippen LogP contribution in [0.4, 0.5) is 0 Å². The predicted octanol–water partition coefficient (Wildman–Crippen LogP) is 2.24. The highest BCUT2D eigenvalue weighted by Crippen LogP contribution is 2.40. The topological polar surface area (TPSA) is 88.1 Å². The van der Waals surface area contributed by atoms with Crippen molar-refractivity contribution in [3.05, 3.63) is 38.2 Å². The van der Waals surface area contributed by atoms with Crippen LogP contribution in [0.3, 0.4) is 0 Å². The van der Waals surface area contributed by atoms with Gasteiger partial charge in [-0.2, -0.15) is 0 Å². The van der Waals surface area contributed by atoms with Gasteiger partial charge in [0.05, 0.1) is 10.9 Å².